The maximum Gasteiger partial charge on any atom is 0.137 e. The highest BCUT2D eigenvalue weighted by molar-refractivity contribution is 9.10. The lowest BCUT2D eigenvalue weighted by Gasteiger charge is -2.36. The van der Waals surface area contributed by atoms with Crippen LogP contribution in [0.3, 0.4) is 0 Å². The van der Waals surface area contributed by atoms with Crippen molar-refractivity contribution >= 4 is 15.9 Å². The second kappa shape index (κ2) is 6.54. The van der Waals surface area contributed by atoms with E-state index in [9.17, 15) is 4.39 Å². The van der Waals surface area contributed by atoms with Crippen molar-refractivity contribution in [2.24, 2.45) is 0 Å². The molecule has 1 N–H and O–H groups in total. The first-order chi connectivity index (χ1) is 9.72. The predicted octanol–water partition coefficient (Wildman–Crippen LogP) is 3.69. The quantitative estimate of drug-likeness (QED) is 0.879. The molecule has 0 amide bonds. The van der Waals surface area contributed by atoms with Crippen molar-refractivity contribution in [1.29, 1.82) is 0 Å². The zero-order valence-electron chi connectivity index (χ0n) is 11.7. The largest absolute Gasteiger partial charge is 0.312 e. The molecule has 1 aromatic carbocycles. The Labute approximate surface area is 128 Å². The van der Waals surface area contributed by atoms with E-state index in [-0.39, 0.29) is 5.82 Å². The highest BCUT2D eigenvalue weighted by Crippen LogP contribution is 2.24. The molecule has 2 fully saturated rings. The van der Waals surface area contributed by atoms with E-state index in [1.807, 2.05) is 12.1 Å². The third kappa shape index (κ3) is 3.80. The summed E-state index contributed by atoms with van der Waals surface area (Å²) in [6.07, 6.45) is 6.58. The van der Waals surface area contributed by atoms with Crippen LogP contribution < -0.4 is 5.32 Å². The van der Waals surface area contributed by atoms with Crippen LogP contribution in [-0.4, -0.2) is 30.1 Å². The lowest BCUT2D eigenvalue weighted by atomic mass is 10.0. The van der Waals surface area contributed by atoms with Crippen LogP contribution in [0.5, 0.6) is 0 Å². The van der Waals surface area contributed by atoms with Gasteiger partial charge >= 0.3 is 0 Å². The van der Waals surface area contributed by atoms with Crippen LogP contribution in [-0.2, 0) is 6.54 Å². The van der Waals surface area contributed by atoms with E-state index >= 15 is 0 Å². The SMILES string of the molecule is Fc1ccc(CN2CCCCC2CNC2CC2)cc1Br. The standard InChI is InChI=1S/C16H22BrFN2/c17-15-9-12(4-7-16(15)18)11-20-8-2-1-3-14(20)10-19-13-5-6-13/h4,7,9,13-14,19H,1-3,5-6,8,10-11H2. The van der Waals surface area contributed by atoms with Gasteiger partial charge in [-0.05, 0) is 65.9 Å². The molecule has 1 aromatic rings. The van der Waals surface area contributed by atoms with E-state index in [1.54, 1.807) is 6.07 Å². The maximum atomic E-state index is 13.3. The van der Waals surface area contributed by atoms with Gasteiger partial charge in [0.1, 0.15) is 5.82 Å². The third-order valence-electron chi connectivity index (χ3n) is 4.34. The summed E-state index contributed by atoms with van der Waals surface area (Å²) in [5.41, 5.74) is 1.19. The van der Waals surface area contributed by atoms with Gasteiger partial charge < -0.3 is 5.32 Å². The molecule has 110 valence electrons. The zero-order valence-corrected chi connectivity index (χ0v) is 13.3. The van der Waals surface area contributed by atoms with Crippen molar-refractivity contribution in [3.63, 3.8) is 0 Å². The average Bonchev–Trinajstić information content (AvgIpc) is 3.26. The van der Waals surface area contributed by atoms with Crippen LogP contribution in [0.1, 0.15) is 37.7 Å². The minimum Gasteiger partial charge on any atom is -0.312 e. The fourth-order valence-electron chi connectivity index (χ4n) is 2.96. The van der Waals surface area contributed by atoms with Crippen LogP contribution in [0.2, 0.25) is 0 Å². The van der Waals surface area contributed by atoms with E-state index in [2.05, 4.69) is 26.1 Å². The van der Waals surface area contributed by atoms with Crippen molar-refractivity contribution in [3.8, 4) is 0 Å². The first kappa shape index (κ1) is 14.5. The number of rotatable bonds is 5. The molecule has 2 nitrogen and oxygen atoms in total. The molecule has 1 saturated carbocycles. The molecular formula is C16H22BrFN2. The molecule has 20 heavy (non-hydrogen) atoms. The van der Waals surface area contributed by atoms with Gasteiger partial charge in [0.25, 0.3) is 0 Å². The van der Waals surface area contributed by atoms with Gasteiger partial charge in [0, 0.05) is 25.2 Å². The Morgan fingerprint density at radius 1 is 1.25 bits per heavy atom. The van der Waals surface area contributed by atoms with Gasteiger partial charge in [0.05, 0.1) is 4.47 Å². The molecule has 1 aliphatic heterocycles. The molecule has 0 spiro atoms. The number of piperidine rings is 1. The Balaban J connectivity index is 1.61. The minimum absolute atomic E-state index is 0.181. The molecule has 4 heteroatoms. The van der Waals surface area contributed by atoms with Crippen molar-refractivity contribution in [1.82, 2.24) is 10.2 Å². The molecule has 0 bridgehead atoms. The highest BCUT2D eigenvalue weighted by atomic mass is 79.9. The molecule has 1 aliphatic carbocycles. The van der Waals surface area contributed by atoms with Crippen LogP contribution >= 0.6 is 15.9 Å². The summed E-state index contributed by atoms with van der Waals surface area (Å²) < 4.78 is 13.9. The Morgan fingerprint density at radius 2 is 2.10 bits per heavy atom. The summed E-state index contributed by atoms with van der Waals surface area (Å²) in [5.74, 6) is -0.181. The first-order valence-electron chi connectivity index (χ1n) is 7.64. The van der Waals surface area contributed by atoms with Gasteiger partial charge in [0.15, 0.2) is 0 Å². The number of benzene rings is 1. The van der Waals surface area contributed by atoms with Crippen LogP contribution in [0.4, 0.5) is 4.39 Å². The Morgan fingerprint density at radius 3 is 2.85 bits per heavy atom. The zero-order chi connectivity index (χ0) is 13.9. The number of nitrogens with one attached hydrogen (secondary N) is 1. The molecule has 0 radical (unpaired) electrons. The Kier molecular flexibility index (Phi) is 4.74. The number of likely N-dealkylation sites (tertiary alicyclic amines) is 1. The van der Waals surface area contributed by atoms with Crippen LogP contribution in [0.25, 0.3) is 0 Å². The maximum absolute atomic E-state index is 13.3. The van der Waals surface area contributed by atoms with Gasteiger partial charge in [-0.25, -0.2) is 4.39 Å². The van der Waals surface area contributed by atoms with Gasteiger partial charge in [-0.1, -0.05) is 12.5 Å². The van der Waals surface area contributed by atoms with Crippen LogP contribution in [0.15, 0.2) is 22.7 Å². The molecule has 0 aromatic heterocycles. The predicted molar refractivity (Wildman–Crippen MR) is 83.2 cm³/mol. The van der Waals surface area contributed by atoms with Gasteiger partial charge in [-0.3, -0.25) is 4.90 Å². The van der Waals surface area contributed by atoms with E-state index in [0.29, 0.717) is 10.5 Å². The molecule has 3 rings (SSSR count). The minimum atomic E-state index is -0.181. The monoisotopic (exact) mass is 340 g/mol. The van der Waals surface area contributed by atoms with Crippen LogP contribution in [0, 0.1) is 5.82 Å². The normalized spacial score (nSPS) is 24.0. The number of hydrogen-bond acceptors (Lipinski definition) is 2. The van der Waals surface area contributed by atoms with Gasteiger partial charge in [-0.15, -0.1) is 0 Å². The lowest BCUT2D eigenvalue weighted by Crippen LogP contribution is -2.45. The van der Waals surface area contributed by atoms with Crippen molar-refractivity contribution < 1.29 is 4.39 Å². The smallest absolute Gasteiger partial charge is 0.137 e. The summed E-state index contributed by atoms with van der Waals surface area (Å²) in [4.78, 5) is 2.55. The molecular weight excluding hydrogens is 319 g/mol. The molecule has 1 heterocycles. The molecule has 2 aliphatic rings. The Hall–Kier alpha value is -0.450. The number of nitrogens with zero attached hydrogens (tertiary/aromatic N) is 1. The molecule has 1 atom stereocenters. The average molecular weight is 341 g/mol. The fraction of sp³-hybridized carbons (Fsp3) is 0.625. The molecule has 1 saturated heterocycles. The lowest BCUT2D eigenvalue weighted by molar-refractivity contribution is 0.137. The summed E-state index contributed by atoms with van der Waals surface area (Å²) >= 11 is 3.28. The summed E-state index contributed by atoms with van der Waals surface area (Å²) in [6, 6.07) is 6.78. The summed E-state index contributed by atoms with van der Waals surface area (Å²) in [5, 5.41) is 3.65. The van der Waals surface area contributed by atoms with E-state index < -0.39 is 0 Å². The topological polar surface area (TPSA) is 15.3 Å². The summed E-state index contributed by atoms with van der Waals surface area (Å²) in [7, 11) is 0. The third-order valence-corrected chi connectivity index (χ3v) is 4.95. The van der Waals surface area contributed by atoms with E-state index in [4.69, 9.17) is 0 Å². The van der Waals surface area contributed by atoms with Crippen molar-refractivity contribution in [3.05, 3.63) is 34.1 Å². The first-order valence-corrected chi connectivity index (χ1v) is 8.43. The van der Waals surface area contributed by atoms with E-state index in [0.717, 1.165) is 25.7 Å². The van der Waals surface area contributed by atoms with Crippen molar-refractivity contribution in [2.45, 2.75) is 50.7 Å². The number of halogens is 2. The second-order valence-corrected chi connectivity index (χ2v) is 6.91. The fourth-order valence-corrected chi connectivity index (χ4v) is 3.39. The summed E-state index contributed by atoms with van der Waals surface area (Å²) in [6.45, 7) is 3.19. The van der Waals surface area contributed by atoms with Crippen molar-refractivity contribution in [2.75, 3.05) is 13.1 Å². The second-order valence-electron chi connectivity index (χ2n) is 6.05. The Bertz CT molecular complexity index is 462. The highest BCUT2D eigenvalue weighted by Gasteiger charge is 2.26. The van der Waals surface area contributed by atoms with Gasteiger partial charge in [-0.2, -0.15) is 0 Å². The molecule has 1 unspecified atom stereocenters. The number of hydrogen-bond donors (Lipinski definition) is 1. The van der Waals surface area contributed by atoms with E-state index in [1.165, 1.54) is 37.7 Å². The van der Waals surface area contributed by atoms with Gasteiger partial charge in [0.2, 0.25) is 0 Å².